The van der Waals surface area contributed by atoms with Crippen molar-refractivity contribution in [1.29, 1.82) is 0 Å². The molecule has 0 aliphatic carbocycles. The van der Waals surface area contributed by atoms with Crippen LogP contribution in [0.1, 0.15) is 92.4 Å². The summed E-state index contributed by atoms with van der Waals surface area (Å²) in [7, 11) is 0. The van der Waals surface area contributed by atoms with E-state index in [1.54, 1.807) is 0 Å². The van der Waals surface area contributed by atoms with Crippen molar-refractivity contribution >= 4 is 11.9 Å². The van der Waals surface area contributed by atoms with Crippen LogP contribution in [0.25, 0.3) is 0 Å². The van der Waals surface area contributed by atoms with E-state index in [1.807, 2.05) is 27.7 Å². The van der Waals surface area contributed by atoms with Gasteiger partial charge in [-0.2, -0.15) is 0 Å². The van der Waals surface area contributed by atoms with Gasteiger partial charge < -0.3 is 14.2 Å². The fourth-order valence-corrected chi connectivity index (χ4v) is 2.14. The van der Waals surface area contributed by atoms with E-state index >= 15 is 0 Å². The number of unbranched alkanes of at least 4 members (excludes halogenated alkanes) is 5. The van der Waals surface area contributed by atoms with Crippen LogP contribution >= 0.6 is 0 Å². The van der Waals surface area contributed by atoms with Crippen molar-refractivity contribution in [3.05, 3.63) is 0 Å². The molecule has 24 heavy (non-hydrogen) atoms. The Morgan fingerprint density at radius 3 is 2.04 bits per heavy atom. The number of hydrogen-bond donors (Lipinski definition) is 0. The number of carbonyl (C=O) groups is 2. The number of ether oxygens (including phenoxy) is 3. The molecule has 0 rings (SSSR count). The maximum Gasteiger partial charge on any atom is 0.308 e. The van der Waals surface area contributed by atoms with Crippen LogP contribution in [0.5, 0.6) is 0 Å². The van der Waals surface area contributed by atoms with E-state index in [2.05, 4.69) is 6.92 Å². The molecule has 0 spiro atoms. The van der Waals surface area contributed by atoms with Crippen LogP contribution in [0.2, 0.25) is 0 Å². The largest absolute Gasteiger partial charge is 0.466 e. The summed E-state index contributed by atoms with van der Waals surface area (Å²) in [4.78, 5) is 23.4. The molecule has 1 atom stereocenters. The zero-order valence-corrected chi connectivity index (χ0v) is 16.2. The molecular weight excluding hydrogens is 308 g/mol. The predicted molar refractivity (Wildman–Crippen MR) is 94.6 cm³/mol. The molecule has 0 aromatic rings. The summed E-state index contributed by atoms with van der Waals surface area (Å²) >= 11 is 0. The van der Waals surface area contributed by atoms with Gasteiger partial charge in [0.15, 0.2) is 0 Å². The highest BCUT2D eigenvalue weighted by Crippen LogP contribution is 2.15. The lowest BCUT2D eigenvalue weighted by Crippen LogP contribution is -2.30. The molecule has 0 aromatic heterocycles. The van der Waals surface area contributed by atoms with Gasteiger partial charge in [-0.25, -0.2) is 0 Å². The summed E-state index contributed by atoms with van der Waals surface area (Å²) in [6.45, 7) is 10.2. The number of rotatable bonds is 13. The van der Waals surface area contributed by atoms with E-state index < -0.39 is 12.3 Å². The maximum atomic E-state index is 11.8. The van der Waals surface area contributed by atoms with Crippen LogP contribution in [-0.2, 0) is 23.8 Å². The van der Waals surface area contributed by atoms with Gasteiger partial charge in [-0.15, -0.1) is 0 Å². The highest BCUT2D eigenvalue weighted by molar-refractivity contribution is 5.77. The van der Waals surface area contributed by atoms with Crippen LogP contribution in [0.15, 0.2) is 0 Å². The topological polar surface area (TPSA) is 61.8 Å². The minimum Gasteiger partial charge on any atom is -0.466 e. The summed E-state index contributed by atoms with van der Waals surface area (Å²) in [6.07, 6.45) is 6.97. The molecule has 0 saturated heterocycles. The molecule has 5 nitrogen and oxygen atoms in total. The van der Waals surface area contributed by atoms with E-state index in [0.29, 0.717) is 13.0 Å². The molecule has 0 bridgehead atoms. The zero-order valence-electron chi connectivity index (χ0n) is 16.2. The highest BCUT2D eigenvalue weighted by atomic mass is 16.7. The second-order valence-corrected chi connectivity index (χ2v) is 7.05. The van der Waals surface area contributed by atoms with Crippen molar-refractivity contribution in [3.63, 3.8) is 0 Å². The van der Waals surface area contributed by atoms with Crippen molar-refractivity contribution in [1.82, 2.24) is 0 Å². The lowest BCUT2D eigenvalue weighted by Gasteiger charge is -2.26. The quantitative estimate of drug-likeness (QED) is 0.274. The molecule has 142 valence electrons. The molecule has 0 saturated carbocycles. The van der Waals surface area contributed by atoms with Crippen LogP contribution < -0.4 is 0 Å². The first kappa shape index (κ1) is 22.9. The highest BCUT2D eigenvalue weighted by Gasteiger charge is 2.21. The first-order chi connectivity index (χ1) is 11.3. The summed E-state index contributed by atoms with van der Waals surface area (Å²) < 4.78 is 16.0. The summed E-state index contributed by atoms with van der Waals surface area (Å²) in [6, 6.07) is 0. The molecule has 0 fully saturated rings. The molecule has 0 aliphatic heterocycles. The molecule has 0 heterocycles. The second-order valence-electron chi connectivity index (χ2n) is 7.05. The van der Waals surface area contributed by atoms with Crippen LogP contribution in [0.3, 0.4) is 0 Å². The minimum absolute atomic E-state index is 0.0271. The lowest BCUT2D eigenvalue weighted by molar-refractivity contribution is -0.204. The first-order valence-corrected chi connectivity index (χ1v) is 9.31. The smallest absolute Gasteiger partial charge is 0.308 e. The van der Waals surface area contributed by atoms with Crippen molar-refractivity contribution < 1.29 is 23.8 Å². The average Bonchev–Trinajstić information content (AvgIpc) is 2.50. The summed E-state index contributed by atoms with van der Waals surface area (Å²) in [5.74, 6) is -0.770. The Hall–Kier alpha value is -1.10. The zero-order chi connectivity index (χ0) is 18.4. The van der Waals surface area contributed by atoms with E-state index in [-0.39, 0.29) is 24.4 Å². The van der Waals surface area contributed by atoms with Crippen molar-refractivity contribution in [2.45, 2.75) is 104 Å². The van der Waals surface area contributed by atoms with E-state index in [0.717, 1.165) is 12.8 Å². The standard InChI is InChI=1S/C19H36O5/c1-6-8-9-10-11-12-15-22-16(20)13-14-17(21)23-18(7-2)24-19(3,4)5/h18H,6-15H2,1-5H3. The second kappa shape index (κ2) is 13.2. The number of hydrogen-bond acceptors (Lipinski definition) is 5. The van der Waals surface area contributed by atoms with E-state index in [1.165, 1.54) is 25.7 Å². The number of carbonyl (C=O) groups excluding carboxylic acids is 2. The van der Waals surface area contributed by atoms with Gasteiger partial charge in [-0.05, 0) is 27.2 Å². The van der Waals surface area contributed by atoms with E-state index in [4.69, 9.17) is 14.2 Å². The fraction of sp³-hybridized carbons (Fsp3) is 0.895. The van der Waals surface area contributed by atoms with Gasteiger partial charge in [0.2, 0.25) is 6.29 Å². The van der Waals surface area contributed by atoms with Crippen molar-refractivity contribution in [2.24, 2.45) is 0 Å². The Balaban J connectivity index is 3.75. The third-order valence-corrected chi connectivity index (χ3v) is 3.38. The van der Waals surface area contributed by atoms with Gasteiger partial charge >= 0.3 is 11.9 Å². The third kappa shape index (κ3) is 14.5. The first-order valence-electron chi connectivity index (χ1n) is 9.31. The minimum atomic E-state index is -0.573. The molecule has 0 aromatic carbocycles. The molecule has 0 radical (unpaired) electrons. The third-order valence-electron chi connectivity index (χ3n) is 3.38. The van der Waals surface area contributed by atoms with Gasteiger partial charge in [0.1, 0.15) is 0 Å². The Morgan fingerprint density at radius 1 is 0.875 bits per heavy atom. The van der Waals surface area contributed by atoms with Gasteiger partial charge in [0, 0.05) is 6.42 Å². The van der Waals surface area contributed by atoms with Crippen LogP contribution in [0, 0.1) is 0 Å². The maximum absolute atomic E-state index is 11.8. The summed E-state index contributed by atoms with van der Waals surface area (Å²) in [5, 5.41) is 0. The van der Waals surface area contributed by atoms with Crippen LogP contribution in [-0.4, -0.2) is 30.4 Å². The Morgan fingerprint density at radius 2 is 1.46 bits per heavy atom. The van der Waals surface area contributed by atoms with Gasteiger partial charge in [-0.1, -0.05) is 46.0 Å². The van der Waals surface area contributed by atoms with Gasteiger partial charge in [-0.3, -0.25) is 9.59 Å². The van der Waals surface area contributed by atoms with Crippen molar-refractivity contribution in [2.75, 3.05) is 6.61 Å². The van der Waals surface area contributed by atoms with Crippen LogP contribution in [0.4, 0.5) is 0 Å². The Kier molecular flexibility index (Phi) is 12.6. The molecule has 1 unspecified atom stereocenters. The number of esters is 2. The monoisotopic (exact) mass is 344 g/mol. The molecule has 0 amide bonds. The summed E-state index contributed by atoms with van der Waals surface area (Å²) in [5.41, 5.74) is -0.378. The average molecular weight is 344 g/mol. The Labute approximate surface area is 147 Å². The molecule has 0 aliphatic rings. The van der Waals surface area contributed by atoms with Gasteiger partial charge in [0.05, 0.1) is 25.0 Å². The molecule has 5 heteroatoms. The predicted octanol–water partition coefficient (Wildman–Crippen LogP) is 4.76. The van der Waals surface area contributed by atoms with E-state index in [9.17, 15) is 9.59 Å². The Bertz CT molecular complexity index is 346. The molecule has 0 N–H and O–H groups in total. The normalized spacial score (nSPS) is 12.7. The molecular formula is C19H36O5. The lowest BCUT2D eigenvalue weighted by atomic mass is 10.1. The SMILES string of the molecule is CCCCCCCCOC(=O)CCC(=O)OC(CC)OC(C)(C)C. The fourth-order valence-electron chi connectivity index (χ4n) is 2.14. The van der Waals surface area contributed by atoms with Crippen molar-refractivity contribution in [3.8, 4) is 0 Å². The van der Waals surface area contributed by atoms with Gasteiger partial charge in [0.25, 0.3) is 0 Å².